The zero-order chi connectivity index (χ0) is 12.8. The highest BCUT2D eigenvalue weighted by Crippen LogP contribution is 2.57. The molecule has 0 aromatic carbocycles. The SMILES string of the molecule is CC1=CCC2(CC1=O)C(C)CC(O)C2C(C)C. The quantitative estimate of drug-likeness (QED) is 0.760. The maximum absolute atomic E-state index is 12.0. The average molecular weight is 236 g/mol. The maximum atomic E-state index is 12.0. The summed E-state index contributed by atoms with van der Waals surface area (Å²) in [5.74, 6) is 1.43. The highest BCUT2D eigenvalue weighted by atomic mass is 16.3. The summed E-state index contributed by atoms with van der Waals surface area (Å²) in [4.78, 5) is 12.0. The molecule has 1 spiro atoms. The summed E-state index contributed by atoms with van der Waals surface area (Å²) in [6.45, 7) is 8.45. The Morgan fingerprint density at radius 2 is 2.12 bits per heavy atom. The van der Waals surface area contributed by atoms with Crippen molar-refractivity contribution in [2.45, 2.75) is 53.1 Å². The van der Waals surface area contributed by atoms with E-state index in [1.807, 2.05) is 6.92 Å². The zero-order valence-corrected chi connectivity index (χ0v) is 11.4. The van der Waals surface area contributed by atoms with Crippen LogP contribution in [-0.2, 0) is 4.79 Å². The van der Waals surface area contributed by atoms with Crippen LogP contribution in [0.5, 0.6) is 0 Å². The minimum Gasteiger partial charge on any atom is -0.393 e. The number of aliphatic hydroxyl groups excluding tert-OH is 1. The molecule has 0 aromatic heterocycles. The first-order valence-electron chi connectivity index (χ1n) is 6.76. The minimum absolute atomic E-state index is 0.0180. The molecule has 4 atom stereocenters. The predicted octanol–water partition coefficient (Wildman–Crippen LogP) is 2.95. The molecule has 1 saturated carbocycles. The van der Waals surface area contributed by atoms with Gasteiger partial charge in [-0.1, -0.05) is 26.8 Å². The van der Waals surface area contributed by atoms with Gasteiger partial charge in [0, 0.05) is 6.42 Å². The van der Waals surface area contributed by atoms with Crippen LogP contribution in [0.4, 0.5) is 0 Å². The monoisotopic (exact) mass is 236 g/mol. The summed E-state index contributed by atoms with van der Waals surface area (Å²) in [6, 6.07) is 0. The maximum Gasteiger partial charge on any atom is 0.158 e. The van der Waals surface area contributed by atoms with E-state index in [9.17, 15) is 9.90 Å². The van der Waals surface area contributed by atoms with E-state index in [0.717, 1.165) is 18.4 Å². The van der Waals surface area contributed by atoms with Crippen molar-refractivity contribution in [1.29, 1.82) is 0 Å². The second kappa shape index (κ2) is 4.24. The van der Waals surface area contributed by atoms with Gasteiger partial charge >= 0.3 is 0 Å². The van der Waals surface area contributed by atoms with E-state index in [1.54, 1.807) is 0 Å². The molecular formula is C15H24O2. The first-order valence-corrected chi connectivity index (χ1v) is 6.76. The average Bonchev–Trinajstić information content (AvgIpc) is 2.45. The van der Waals surface area contributed by atoms with E-state index in [4.69, 9.17) is 0 Å². The molecule has 0 amide bonds. The molecule has 2 rings (SSSR count). The Morgan fingerprint density at radius 3 is 2.65 bits per heavy atom. The van der Waals surface area contributed by atoms with Crippen LogP contribution in [0.2, 0.25) is 0 Å². The molecule has 1 N–H and O–H groups in total. The first-order chi connectivity index (χ1) is 7.88. The number of rotatable bonds is 1. The molecule has 2 heteroatoms. The number of Topliss-reactive ketones (excluding diaryl/α,β-unsaturated/α-hetero) is 1. The van der Waals surface area contributed by atoms with E-state index in [2.05, 4.69) is 26.8 Å². The molecule has 1 fully saturated rings. The molecule has 4 unspecified atom stereocenters. The Hall–Kier alpha value is -0.630. The first kappa shape index (κ1) is 12.8. The van der Waals surface area contributed by atoms with Crippen LogP contribution in [0.25, 0.3) is 0 Å². The van der Waals surface area contributed by atoms with E-state index < -0.39 is 0 Å². The molecule has 2 aliphatic carbocycles. The molecule has 2 nitrogen and oxygen atoms in total. The van der Waals surface area contributed by atoms with E-state index in [1.165, 1.54) is 0 Å². The number of aliphatic hydroxyl groups is 1. The Labute approximate surface area is 104 Å². The molecule has 0 bridgehead atoms. The number of hydrogen-bond acceptors (Lipinski definition) is 2. The number of allylic oxidation sites excluding steroid dienone is 2. The summed E-state index contributed by atoms with van der Waals surface area (Å²) >= 11 is 0. The lowest BCUT2D eigenvalue weighted by Gasteiger charge is -2.43. The fourth-order valence-electron chi connectivity index (χ4n) is 4.16. The van der Waals surface area contributed by atoms with Crippen molar-refractivity contribution in [2.75, 3.05) is 0 Å². The third-order valence-corrected chi connectivity index (χ3v) is 5.09. The Bertz CT molecular complexity index is 356. The van der Waals surface area contributed by atoms with E-state index >= 15 is 0 Å². The Morgan fingerprint density at radius 1 is 1.47 bits per heavy atom. The number of carbonyl (C=O) groups is 1. The van der Waals surface area contributed by atoms with Crippen LogP contribution < -0.4 is 0 Å². The van der Waals surface area contributed by atoms with E-state index in [0.29, 0.717) is 18.3 Å². The standard InChI is InChI=1S/C15H24O2/c1-9(2)14-12(16)7-11(4)15(14)6-5-10(3)13(17)8-15/h5,9,11-12,14,16H,6-8H2,1-4H3. The van der Waals surface area contributed by atoms with Gasteiger partial charge in [-0.3, -0.25) is 4.79 Å². The fourth-order valence-corrected chi connectivity index (χ4v) is 4.16. The molecule has 96 valence electrons. The summed E-state index contributed by atoms with van der Waals surface area (Å²) in [7, 11) is 0. The van der Waals surface area contributed by atoms with Crippen LogP contribution in [0, 0.1) is 23.2 Å². The van der Waals surface area contributed by atoms with Gasteiger partial charge in [-0.05, 0) is 48.5 Å². The lowest BCUT2D eigenvalue weighted by molar-refractivity contribution is -0.120. The number of ketones is 1. The van der Waals surface area contributed by atoms with Crippen molar-refractivity contribution in [3.05, 3.63) is 11.6 Å². The zero-order valence-electron chi connectivity index (χ0n) is 11.4. The Balaban J connectivity index is 2.37. The summed E-state index contributed by atoms with van der Waals surface area (Å²) in [5, 5.41) is 10.3. The van der Waals surface area contributed by atoms with Gasteiger partial charge in [0.05, 0.1) is 6.10 Å². The molecule has 2 aliphatic rings. The Kier molecular flexibility index (Phi) is 3.19. The lowest BCUT2D eigenvalue weighted by Crippen LogP contribution is -2.40. The fraction of sp³-hybridized carbons (Fsp3) is 0.800. The van der Waals surface area contributed by atoms with Gasteiger partial charge in [-0.25, -0.2) is 0 Å². The van der Waals surface area contributed by atoms with Gasteiger partial charge in [0.2, 0.25) is 0 Å². The highest BCUT2D eigenvalue weighted by molar-refractivity contribution is 5.96. The van der Waals surface area contributed by atoms with Gasteiger partial charge in [0.15, 0.2) is 5.78 Å². The summed E-state index contributed by atoms with van der Waals surface area (Å²) < 4.78 is 0. The van der Waals surface area contributed by atoms with Crippen molar-refractivity contribution >= 4 is 5.78 Å². The molecular weight excluding hydrogens is 212 g/mol. The lowest BCUT2D eigenvalue weighted by atomic mass is 9.61. The molecule has 0 heterocycles. The molecule has 17 heavy (non-hydrogen) atoms. The smallest absolute Gasteiger partial charge is 0.158 e. The van der Waals surface area contributed by atoms with Crippen LogP contribution in [0.15, 0.2) is 11.6 Å². The van der Waals surface area contributed by atoms with Gasteiger partial charge < -0.3 is 5.11 Å². The molecule has 0 aromatic rings. The number of hydrogen-bond donors (Lipinski definition) is 1. The number of carbonyl (C=O) groups excluding carboxylic acids is 1. The van der Waals surface area contributed by atoms with Crippen molar-refractivity contribution < 1.29 is 9.90 Å². The molecule has 0 aliphatic heterocycles. The van der Waals surface area contributed by atoms with E-state index in [-0.39, 0.29) is 23.2 Å². The largest absolute Gasteiger partial charge is 0.393 e. The summed E-state index contributed by atoms with van der Waals surface area (Å²) in [6.07, 6.45) is 4.31. The van der Waals surface area contributed by atoms with Crippen molar-refractivity contribution in [1.82, 2.24) is 0 Å². The molecule has 0 saturated heterocycles. The second-order valence-electron chi connectivity index (χ2n) is 6.40. The second-order valence-corrected chi connectivity index (χ2v) is 6.40. The normalized spacial score (nSPS) is 42.4. The third kappa shape index (κ3) is 1.87. The van der Waals surface area contributed by atoms with Crippen molar-refractivity contribution in [3.63, 3.8) is 0 Å². The molecule has 0 radical (unpaired) electrons. The van der Waals surface area contributed by atoms with Crippen LogP contribution in [0.3, 0.4) is 0 Å². The highest BCUT2D eigenvalue weighted by Gasteiger charge is 2.54. The van der Waals surface area contributed by atoms with Gasteiger partial charge in [0.25, 0.3) is 0 Å². The van der Waals surface area contributed by atoms with Crippen LogP contribution >= 0.6 is 0 Å². The predicted molar refractivity (Wildman–Crippen MR) is 68.5 cm³/mol. The third-order valence-electron chi connectivity index (χ3n) is 5.09. The van der Waals surface area contributed by atoms with Crippen LogP contribution in [0.1, 0.15) is 47.0 Å². The summed E-state index contributed by atoms with van der Waals surface area (Å²) in [5.41, 5.74) is 0.927. The van der Waals surface area contributed by atoms with Crippen molar-refractivity contribution in [3.8, 4) is 0 Å². The van der Waals surface area contributed by atoms with Crippen molar-refractivity contribution in [2.24, 2.45) is 23.2 Å². The van der Waals surface area contributed by atoms with Gasteiger partial charge in [-0.15, -0.1) is 0 Å². The van der Waals surface area contributed by atoms with Gasteiger partial charge in [-0.2, -0.15) is 0 Å². The van der Waals surface area contributed by atoms with Crippen LogP contribution in [-0.4, -0.2) is 17.0 Å². The van der Waals surface area contributed by atoms with Gasteiger partial charge in [0.1, 0.15) is 0 Å². The minimum atomic E-state index is -0.232. The topological polar surface area (TPSA) is 37.3 Å².